The molecule has 0 spiro atoms. The van der Waals surface area contributed by atoms with Crippen LogP contribution in [0, 0.1) is 0 Å². The van der Waals surface area contributed by atoms with E-state index in [0.717, 1.165) is 5.56 Å². The fourth-order valence-corrected chi connectivity index (χ4v) is 3.42. The van der Waals surface area contributed by atoms with E-state index >= 15 is 0 Å². The summed E-state index contributed by atoms with van der Waals surface area (Å²) in [7, 11) is 3.07. The first-order chi connectivity index (χ1) is 13.7. The molecule has 8 nitrogen and oxygen atoms in total. The summed E-state index contributed by atoms with van der Waals surface area (Å²) < 4.78 is 10.5. The second kappa shape index (κ2) is 7.73. The predicted molar refractivity (Wildman–Crippen MR) is 107 cm³/mol. The summed E-state index contributed by atoms with van der Waals surface area (Å²) in [6, 6.07) is 13.1. The molecule has 0 aliphatic carbocycles. The molecule has 9 heteroatoms. The number of fused-ring (bicyclic) bond motifs is 1. The first kappa shape index (κ1) is 18.1. The number of aromatic nitrogens is 5. The number of nitrogens with one attached hydrogen (secondary N) is 2. The lowest BCUT2D eigenvalue weighted by atomic mass is 10.2. The van der Waals surface area contributed by atoms with Crippen LogP contribution in [0.1, 0.15) is 5.82 Å². The van der Waals surface area contributed by atoms with E-state index in [1.54, 1.807) is 19.2 Å². The Morgan fingerprint density at radius 1 is 1.04 bits per heavy atom. The maximum Gasteiger partial charge on any atom is 0.258 e. The van der Waals surface area contributed by atoms with Gasteiger partial charge < -0.3 is 14.5 Å². The Kier molecular flexibility index (Phi) is 4.98. The molecule has 0 fully saturated rings. The van der Waals surface area contributed by atoms with Crippen LogP contribution in [0.15, 0.2) is 52.4 Å². The number of benzene rings is 2. The van der Waals surface area contributed by atoms with Crippen LogP contribution in [0.4, 0.5) is 0 Å². The molecule has 0 saturated heterocycles. The molecule has 4 aromatic rings. The van der Waals surface area contributed by atoms with E-state index in [-0.39, 0.29) is 5.56 Å². The highest BCUT2D eigenvalue weighted by atomic mass is 32.2. The minimum Gasteiger partial charge on any atom is -0.493 e. The molecule has 0 unspecified atom stereocenters. The van der Waals surface area contributed by atoms with Gasteiger partial charge in [-0.1, -0.05) is 42.1 Å². The van der Waals surface area contributed by atoms with Crippen molar-refractivity contribution in [2.45, 2.75) is 10.9 Å². The van der Waals surface area contributed by atoms with Crippen LogP contribution in [0.25, 0.3) is 22.3 Å². The van der Waals surface area contributed by atoms with E-state index in [9.17, 15) is 4.79 Å². The smallest absolute Gasteiger partial charge is 0.258 e. The molecule has 28 heavy (non-hydrogen) atoms. The maximum atomic E-state index is 12.4. The third-order valence-electron chi connectivity index (χ3n) is 4.11. The zero-order valence-electron chi connectivity index (χ0n) is 15.2. The fraction of sp³-hybridized carbons (Fsp3) is 0.158. The van der Waals surface area contributed by atoms with Crippen molar-refractivity contribution in [2.24, 2.45) is 0 Å². The quantitative estimate of drug-likeness (QED) is 0.483. The molecule has 2 aromatic carbocycles. The highest BCUT2D eigenvalue weighted by molar-refractivity contribution is 7.98. The molecule has 0 saturated carbocycles. The molecule has 4 rings (SSSR count). The van der Waals surface area contributed by atoms with Crippen molar-refractivity contribution in [1.29, 1.82) is 0 Å². The van der Waals surface area contributed by atoms with Crippen LogP contribution in [-0.2, 0) is 5.75 Å². The first-order valence-corrected chi connectivity index (χ1v) is 9.42. The Morgan fingerprint density at radius 3 is 2.54 bits per heavy atom. The zero-order valence-corrected chi connectivity index (χ0v) is 16.0. The normalized spacial score (nSPS) is 10.9. The van der Waals surface area contributed by atoms with Gasteiger partial charge in [-0.25, -0.2) is 9.97 Å². The van der Waals surface area contributed by atoms with Crippen LogP contribution < -0.4 is 15.0 Å². The SMILES string of the molecule is COc1cc2nc(CSc3n[nH]c(-c4ccccc4)n3)[nH]c(=O)c2cc1OC. The largest absolute Gasteiger partial charge is 0.493 e. The number of H-pyrrole nitrogens is 2. The van der Waals surface area contributed by atoms with Crippen molar-refractivity contribution in [3.63, 3.8) is 0 Å². The minimum absolute atomic E-state index is 0.235. The number of hydrogen-bond acceptors (Lipinski definition) is 7. The van der Waals surface area contributed by atoms with Gasteiger partial charge in [0.1, 0.15) is 5.82 Å². The molecule has 0 aliphatic heterocycles. The number of aromatic amines is 2. The summed E-state index contributed by atoms with van der Waals surface area (Å²) in [4.78, 5) is 24.2. The third-order valence-corrected chi connectivity index (χ3v) is 4.97. The van der Waals surface area contributed by atoms with E-state index in [1.807, 2.05) is 30.3 Å². The van der Waals surface area contributed by atoms with Crippen molar-refractivity contribution < 1.29 is 9.47 Å². The number of nitrogens with zero attached hydrogens (tertiary/aromatic N) is 3. The van der Waals surface area contributed by atoms with E-state index in [2.05, 4.69) is 25.1 Å². The van der Waals surface area contributed by atoms with Crippen LogP contribution in [0.3, 0.4) is 0 Å². The Morgan fingerprint density at radius 2 is 1.79 bits per heavy atom. The number of ether oxygens (including phenoxy) is 2. The van der Waals surface area contributed by atoms with Gasteiger partial charge in [0.15, 0.2) is 17.3 Å². The third kappa shape index (κ3) is 3.56. The van der Waals surface area contributed by atoms with Gasteiger partial charge in [0.2, 0.25) is 5.16 Å². The molecule has 2 N–H and O–H groups in total. The molecule has 0 aliphatic rings. The molecular formula is C19H17N5O3S. The van der Waals surface area contributed by atoms with Crippen molar-refractivity contribution >= 4 is 22.7 Å². The number of rotatable bonds is 6. The monoisotopic (exact) mass is 395 g/mol. The van der Waals surface area contributed by atoms with Crippen molar-refractivity contribution in [3.8, 4) is 22.9 Å². The Labute approximate surface area is 164 Å². The van der Waals surface area contributed by atoms with Crippen LogP contribution in [0.5, 0.6) is 11.5 Å². The van der Waals surface area contributed by atoms with Gasteiger partial charge >= 0.3 is 0 Å². The molecule has 2 heterocycles. The molecule has 0 atom stereocenters. The van der Waals surface area contributed by atoms with Crippen LogP contribution in [0.2, 0.25) is 0 Å². The van der Waals surface area contributed by atoms with Gasteiger partial charge in [0.25, 0.3) is 5.56 Å². The topological polar surface area (TPSA) is 106 Å². The van der Waals surface area contributed by atoms with E-state index in [4.69, 9.17) is 9.47 Å². The molecule has 0 radical (unpaired) electrons. The first-order valence-electron chi connectivity index (χ1n) is 8.43. The number of methoxy groups -OCH3 is 2. The van der Waals surface area contributed by atoms with Gasteiger partial charge in [-0.2, -0.15) is 0 Å². The summed E-state index contributed by atoms with van der Waals surface area (Å²) >= 11 is 1.38. The lowest BCUT2D eigenvalue weighted by molar-refractivity contribution is 0.355. The van der Waals surface area contributed by atoms with Crippen molar-refractivity contribution in [2.75, 3.05) is 14.2 Å². The Bertz CT molecular complexity index is 1170. The maximum absolute atomic E-state index is 12.4. The second-order valence-corrected chi connectivity index (χ2v) is 6.80. The molecular weight excluding hydrogens is 378 g/mol. The Hall–Kier alpha value is -3.33. The zero-order chi connectivity index (χ0) is 19.5. The van der Waals surface area contributed by atoms with Gasteiger partial charge in [0.05, 0.1) is 30.9 Å². The average Bonchev–Trinajstić information content (AvgIpc) is 3.21. The summed E-state index contributed by atoms with van der Waals surface area (Å²) in [6.07, 6.45) is 0. The van der Waals surface area contributed by atoms with Gasteiger partial charge in [-0.05, 0) is 6.07 Å². The lowest BCUT2D eigenvalue weighted by Crippen LogP contribution is -2.11. The molecule has 142 valence electrons. The summed E-state index contributed by atoms with van der Waals surface area (Å²) in [5, 5.41) is 8.15. The average molecular weight is 395 g/mol. The van der Waals surface area contributed by atoms with E-state index < -0.39 is 0 Å². The van der Waals surface area contributed by atoms with Crippen molar-refractivity contribution in [3.05, 3.63) is 58.6 Å². The number of thioether (sulfide) groups is 1. The second-order valence-electron chi connectivity index (χ2n) is 5.86. The lowest BCUT2D eigenvalue weighted by Gasteiger charge is -2.09. The molecule has 0 amide bonds. The summed E-state index contributed by atoms with van der Waals surface area (Å²) in [6.45, 7) is 0. The summed E-state index contributed by atoms with van der Waals surface area (Å²) in [5.41, 5.74) is 1.26. The predicted octanol–water partition coefficient (Wildman–Crippen LogP) is 3.02. The molecule has 2 aromatic heterocycles. The van der Waals surface area contributed by atoms with Crippen molar-refractivity contribution in [1.82, 2.24) is 25.1 Å². The minimum atomic E-state index is -0.235. The standard InChI is InChI=1S/C19H17N5O3S/c1-26-14-8-12-13(9-15(14)27-2)20-16(21-18(12)25)10-28-19-22-17(23-24-19)11-6-4-3-5-7-11/h3-9H,10H2,1-2H3,(H,20,21,25)(H,22,23,24). The van der Waals surface area contributed by atoms with E-state index in [1.165, 1.54) is 18.9 Å². The number of hydrogen-bond donors (Lipinski definition) is 2. The highest BCUT2D eigenvalue weighted by Gasteiger charge is 2.12. The molecule has 0 bridgehead atoms. The van der Waals surface area contributed by atoms with Gasteiger partial charge in [-0.3, -0.25) is 9.89 Å². The Balaban J connectivity index is 1.57. The van der Waals surface area contributed by atoms with E-state index in [0.29, 0.717) is 45.0 Å². The fourth-order valence-electron chi connectivity index (χ4n) is 2.75. The highest BCUT2D eigenvalue weighted by Crippen LogP contribution is 2.30. The van der Waals surface area contributed by atoms with Crippen LogP contribution >= 0.6 is 11.8 Å². The van der Waals surface area contributed by atoms with Crippen LogP contribution in [-0.4, -0.2) is 39.4 Å². The summed E-state index contributed by atoms with van der Waals surface area (Å²) in [5.74, 6) is 2.65. The van der Waals surface area contributed by atoms with Gasteiger partial charge in [-0.15, -0.1) is 5.10 Å². The van der Waals surface area contributed by atoms with Gasteiger partial charge in [0, 0.05) is 11.6 Å².